The predicted octanol–water partition coefficient (Wildman–Crippen LogP) is 1.79. The molecule has 0 bridgehead atoms. The van der Waals surface area contributed by atoms with Crippen molar-refractivity contribution in [1.82, 2.24) is 5.32 Å². The van der Waals surface area contributed by atoms with Gasteiger partial charge < -0.3 is 10.4 Å². The van der Waals surface area contributed by atoms with Gasteiger partial charge in [0.25, 0.3) is 0 Å². The highest BCUT2D eigenvalue weighted by molar-refractivity contribution is 5.87. The molecule has 3 heteroatoms. The summed E-state index contributed by atoms with van der Waals surface area (Å²) in [5.41, 5.74) is 0.149. The van der Waals surface area contributed by atoms with Crippen molar-refractivity contribution >= 4 is 5.97 Å². The smallest absolute Gasteiger partial charge is 0.332 e. The highest BCUT2D eigenvalue weighted by Crippen LogP contribution is 2.10. The van der Waals surface area contributed by atoms with Gasteiger partial charge in [-0.3, -0.25) is 0 Å². The summed E-state index contributed by atoms with van der Waals surface area (Å²) in [7, 11) is 0. The zero-order valence-electron chi connectivity index (χ0n) is 8.85. The molecular weight excluding hydrogens is 166 g/mol. The van der Waals surface area contributed by atoms with Crippen molar-refractivity contribution in [2.24, 2.45) is 0 Å². The summed E-state index contributed by atoms with van der Waals surface area (Å²) < 4.78 is 0. The van der Waals surface area contributed by atoms with Crippen LogP contribution in [0.2, 0.25) is 0 Å². The van der Waals surface area contributed by atoms with Crippen LogP contribution in [0.4, 0.5) is 0 Å². The van der Waals surface area contributed by atoms with E-state index in [1.54, 1.807) is 0 Å². The second-order valence-corrected chi connectivity index (χ2v) is 4.19. The van der Waals surface area contributed by atoms with Gasteiger partial charge >= 0.3 is 5.97 Å². The molecule has 0 radical (unpaired) electrons. The van der Waals surface area contributed by atoms with Gasteiger partial charge in [0, 0.05) is 17.2 Å². The average molecular weight is 185 g/mol. The van der Waals surface area contributed by atoms with Gasteiger partial charge in [-0.1, -0.05) is 13.5 Å². The van der Waals surface area contributed by atoms with Crippen molar-refractivity contribution in [1.29, 1.82) is 0 Å². The summed E-state index contributed by atoms with van der Waals surface area (Å²) in [6.45, 7) is 11.5. The number of nitrogens with one attached hydrogen (secondary N) is 1. The fourth-order valence-corrected chi connectivity index (χ4v) is 1.11. The summed E-state index contributed by atoms with van der Waals surface area (Å²) in [6, 6.07) is -0.141. The highest BCUT2D eigenvalue weighted by Gasteiger charge is 2.21. The summed E-state index contributed by atoms with van der Waals surface area (Å²) in [6.07, 6.45) is 0.738. The molecule has 2 N–H and O–H groups in total. The van der Waals surface area contributed by atoms with E-state index in [9.17, 15) is 4.79 Å². The number of rotatable bonds is 4. The van der Waals surface area contributed by atoms with Crippen LogP contribution in [0.3, 0.4) is 0 Å². The maximum atomic E-state index is 10.6. The van der Waals surface area contributed by atoms with Crippen LogP contribution >= 0.6 is 0 Å². The molecule has 76 valence electrons. The molecule has 0 amide bonds. The lowest BCUT2D eigenvalue weighted by Gasteiger charge is -2.27. The standard InChI is InChI=1S/C10H19NO2/c1-6-8(7(2)9(12)13)11-10(3,4)5/h8,11H,2,6H2,1,3-5H3,(H,12,13). The van der Waals surface area contributed by atoms with Crippen LogP contribution in [-0.4, -0.2) is 22.7 Å². The Morgan fingerprint density at radius 2 is 2.00 bits per heavy atom. The van der Waals surface area contributed by atoms with Crippen LogP contribution < -0.4 is 5.32 Å². The average Bonchev–Trinajstić information content (AvgIpc) is 1.97. The Labute approximate surface area is 79.8 Å². The van der Waals surface area contributed by atoms with Crippen molar-refractivity contribution in [2.45, 2.75) is 45.7 Å². The largest absolute Gasteiger partial charge is 0.478 e. The van der Waals surface area contributed by atoms with E-state index in [0.717, 1.165) is 6.42 Å². The predicted molar refractivity (Wildman–Crippen MR) is 53.7 cm³/mol. The highest BCUT2D eigenvalue weighted by atomic mass is 16.4. The van der Waals surface area contributed by atoms with E-state index in [1.807, 2.05) is 27.7 Å². The Kier molecular flexibility index (Phi) is 4.14. The first kappa shape index (κ1) is 12.2. The number of hydrogen-bond donors (Lipinski definition) is 2. The van der Waals surface area contributed by atoms with Crippen LogP contribution in [-0.2, 0) is 4.79 Å². The Morgan fingerprint density at radius 3 is 2.23 bits per heavy atom. The molecule has 0 spiro atoms. The minimum atomic E-state index is -0.927. The van der Waals surface area contributed by atoms with Crippen molar-refractivity contribution in [3.63, 3.8) is 0 Å². The molecule has 0 aliphatic rings. The second-order valence-electron chi connectivity index (χ2n) is 4.19. The minimum Gasteiger partial charge on any atom is -0.478 e. The van der Waals surface area contributed by atoms with E-state index in [0.29, 0.717) is 0 Å². The lowest BCUT2D eigenvalue weighted by atomic mass is 10.0. The van der Waals surface area contributed by atoms with Gasteiger partial charge in [-0.2, -0.15) is 0 Å². The van der Waals surface area contributed by atoms with E-state index in [1.165, 1.54) is 0 Å². The zero-order valence-corrected chi connectivity index (χ0v) is 8.85. The Balaban J connectivity index is 4.36. The fraction of sp³-hybridized carbons (Fsp3) is 0.700. The molecule has 0 aliphatic heterocycles. The van der Waals surface area contributed by atoms with Gasteiger partial charge in [0.15, 0.2) is 0 Å². The van der Waals surface area contributed by atoms with Crippen molar-refractivity contribution in [3.8, 4) is 0 Å². The lowest BCUT2D eigenvalue weighted by Crippen LogP contribution is -2.45. The van der Waals surface area contributed by atoms with Gasteiger partial charge in [0.2, 0.25) is 0 Å². The number of hydrogen-bond acceptors (Lipinski definition) is 2. The fourth-order valence-electron chi connectivity index (χ4n) is 1.11. The number of carbonyl (C=O) groups is 1. The monoisotopic (exact) mass is 185 g/mol. The Hall–Kier alpha value is -0.830. The minimum absolute atomic E-state index is 0.0843. The summed E-state index contributed by atoms with van der Waals surface area (Å²) >= 11 is 0. The molecule has 0 rings (SSSR count). The third-order valence-electron chi connectivity index (χ3n) is 1.71. The molecular formula is C10H19NO2. The third kappa shape index (κ3) is 4.68. The van der Waals surface area contributed by atoms with Crippen LogP contribution in [0.1, 0.15) is 34.1 Å². The topological polar surface area (TPSA) is 49.3 Å². The zero-order chi connectivity index (χ0) is 10.6. The summed E-state index contributed by atoms with van der Waals surface area (Å²) in [4.78, 5) is 10.6. The van der Waals surface area contributed by atoms with Crippen molar-refractivity contribution < 1.29 is 9.90 Å². The maximum Gasteiger partial charge on any atom is 0.332 e. The molecule has 0 saturated heterocycles. The molecule has 13 heavy (non-hydrogen) atoms. The second kappa shape index (κ2) is 4.42. The van der Waals surface area contributed by atoms with Gasteiger partial charge in [-0.15, -0.1) is 0 Å². The summed E-state index contributed by atoms with van der Waals surface area (Å²) in [5, 5.41) is 11.9. The molecule has 0 saturated carbocycles. The van der Waals surface area contributed by atoms with E-state index in [4.69, 9.17) is 5.11 Å². The number of carboxylic acid groups (broad SMARTS) is 1. The van der Waals surface area contributed by atoms with Crippen LogP contribution in [0.25, 0.3) is 0 Å². The number of carboxylic acids is 1. The first-order valence-electron chi connectivity index (χ1n) is 4.47. The van der Waals surface area contributed by atoms with Gasteiger partial charge in [-0.25, -0.2) is 4.79 Å². The van der Waals surface area contributed by atoms with E-state index in [-0.39, 0.29) is 17.2 Å². The Bertz CT molecular complexity index is 203. The molecule has 0 aromatic rings. The maximum absolute atomic E-state index is 10.6. The first-order valence-corrected chi connectivity index (χ1v) is 4.47. The van der Waals surface area contributed by atoms with E-state index >= 15 is 0 Å². The van der Waals surface area contributed by atoms with E-state index in [2.05, 4.69) is 11.9 Å². The van der Waals surface area contributed by atoms with Crippen LogP contribution in [0.15, 0.2) is 12.2 Å². The van der Waals surface area contributed by atoms with Crippen LogP contribution in [0, 0.1) is 0 Å². The lowest BCUT2D eigenvalue weighted by molar-refractivity contribution is -0.133. The van der Waals surface area contributed by atoms with Crippen molar-refractivity contribution in [2.75, 3.05) is 0 Å². The molecule has 0 aliphatic carbocycles. The van der Waals surface area contributed by atoms with Crippen LogP contribution in [0.5, 0.6) is 0 Å². The SMILES string of the molecule is C=C(C(=O)O)C(CC)NC(C)(C)C. The molecule has 0 fully saturated rings. The quantitative estimate of drug-likeness (QED) is 0.656. The van der Waals surface area contributed by atoms with Crippen molar-refractivity contribution in [3.05, 3.63) is 12.2 Å². The molecule has 3 nitrogen and oxygen atoms in total. The molecule has 0 aromatic carbocycles. The first-order chi connectivity index (χ1) is 5.78. The third-order valence-corrected chi connectivity index (χ3v) is 1.71. The molecule has 1 unspecified atom stereocenters. The van der Waals surface area contributed by atoms with Gasteiger partial charge in [0.1, 0.15) is 0 Å². The molecule has 0 aromatic heterocycles. The summed E-state index contributed by atoms with van der Waals surface area (Å²) in [5.74, 6) is -0.927. The van der Waals surface area contributed by atoms with Gasteiger partial charge in [0.05, 0.1) is 0 Å². The number of aliphatic carboxylic acids is 1. The van der Waals surface area contributed by atoms with E-state index < -0.39 is 5.97 Å². The Morgan fingerprint density at radius 1 is 1.54 bits per heavy atom. The van der Waals surface area contributed by atoms with Gasteiger partial charge in [-0.05, 0) is 27.2 Å². The normalized spacial score (nSPS) is 13.8. The molecule has 1 atom stereocenters. The molecule has 0 heterocycles.